The summed E-state index contributed by atoms with van der Waals surface area (Å²) < 4.78 is 19.5. The lowest BCUT2D eigenvalue weighted by Gasteiger charge is -2.12. The van der Waals surface area contributed by atoms with Crippen molar-refractivity contribution in [3.8, 4) is 11.3 Å². The van der Waals surface area contributed by atoms with Crippen LogP contribution in [0.5, 0.6) is 0 Å². The number of halogens is 1. The Morgan fingerprint density at radius 2 is 1.88 bits per heavy atom. The fourth-order valence-corrected chi connectivity index (χ4v) is 2.65. The number of nitrogens with one attached hydrogen (secondary N) is 1. The molecule has 1 unspecified atom stereocenters. The normalized spacial score (nSPS) is 11.8. The molecule has 2 aromatic carbocycles. The van der Waals surface area contributed by atoms with Crippen LogP contribution in [0.15, 0.2) is 59.0 Å². The topological polar surface area (TPSA) is 72.2 Å². The lowest BCUT2D eigenvalue weighted by atomic mass is 10.1. The van der Waals surface area contributed by atoms with Gasteiger partial charge in [0, 0.05) is 12.5 Å². The molecular formula is C20H17FN2O3. The molecule has 1 heterocycles. The number of benzene rings is 2. The first-order chi connectivity index (χ1) is 12.6. The van der Waals surface area contributed by atoms with Gasteiger partial charge in [-0.15, -0.1) is 0 Å². The average Bonchev–Trinajstić information content (AvgIpc) is 3.04. The predicted molar refractivity (Wildman–Crippen MR) is 94.1 cm³/mol. The van der Waals surface area contributed by atoms with Gasteiger partial charge in [-0.25, -0.2) is 9.37 Å². The molecule has 1 amide bonds. The lowest BCUT2D eigenvalue weighted by molar-refractivity contribution is -0.109. The Morgan fingerprint density at radius 3 is 2.58 bits per heavy atom. The molecule has 0 aliphatic carbocycles. The smallest absolute Gasteiger partial charge is 0.289 e. The standard InChI is InChI=1S/C20H17FN2O3/c1-13-22-18(16-9-5-6-10-17(16)21)19(26-13)20(25)23-15(12-24)11-14-7-3-2-4-8-14/h2-10,12,15H,11H2,1H3,(H,23,25). The van der Waals surface area contributed by atoms with Crippen LogP contribution in [0.25, 0.3) is 11.3 Å². The van der Waals surface area contributed by atoms with E-state index in [4.69, 9.17) is 4.42 Å². The van der Waals surface area contributed by atoms with Crippen molar-refractivity contribution in [2.45, 2.75) is 19.4 Å². The molecule has 0 saturated carbocycles. The number of carbonyl (C=O) groups is 2. The zero-order valence-electron chi connectivity index (χ0n) is 14.1. The molecule has 26 heavy (non-hydrogen) atoms. The van der Waals surface area contributed by atoms with Crippen molar-refractivity contribution >= 4 is 12.2 Å². The summed E-state index contributed by atoms with van der Waals surface area (Å²) in [5, 5.41) is 2.61. The summed E-state index contributed by atoms with van der Waals surface area (Å²) in [4.78, 5) is 28.1. The maximum absolute atomic E-state index is 14.1. The highest BCUT2D eigenvalue weighted by Crippen LogP contribution is 2.26. The second-order valence-electron chi connectivity index (χ2n) is 5.80. The quantitative estimate of drug-likeness (QED) is 0.691. The Bertz CT molecular complexity index is 922. The molecule has 0 aliphatic heterocycles. The monoisotopic (exact) mass is 352 g/mol. The summed E-state index contributed by atoms with van der Waals surface area (Å²) in [5.74, 6) is -1.01. The summed E-state index contributed by atoms with van der Waals surface area (Å²) in [5.41, 5.74) is 1.19. The van der Waals surface area contributed by atoms with Crippen LogP contribution in [0.2, 0.25) is 0 Å². The third kappa shape index (κ3) is 3.85. The predicted octanol–water partition coefficient (Wildman–Crippen LogP) is 3.33. The molecule has 0 aliphatic rings. The van der Waals surface area contributed by atoms with Crippen molar-refractivity contribution in [2.75, 3.05) is 0 Å². The van der Waals surface area contributed by atoms with Gasteiger partial charge in [0.1, 0.15) is 17.8 Å². The van der Waals surface area contributed by atoms with E-state index in [1.807, 2.05) is 30.3 Å². The zero-order valence-corrected chi connectivity index (χ0v) is 14.1. The number of rotatable bonds is 6. The van der Waals surface area contributed by atoms with E-state index in [0.29, 0.717) is 12.7 Å². The maximum atomic E-state index is 14.1. The number of oxazole rings is 1. The second kappa shape index (κ2) is 7.74. The van der Waals surface area contributed by atoms with Crippen molar-refractivity contribution in [2.24, 2.45) is 0 Å². The van der Waals surface area contributed by atoms with E-state index in [9.17, 15) is 14.0 Å². The van der Waals surface area contributed by atoms with Crippen LogP contribution in [0.3, 0.4) is 0 Å². The van der Waals surface area contributed by atoms with Gasteiger partial charge in [0.2, 0.25) is 5.76 Å². The van der Waals surface area contributed by atoms with Gasteiger partial charge in [0.15, 0.2) is 5.89 Å². The van der Waals surface area contributed by atoms with Crippen LogP contribution < -0.4 is 5.32 Å². The number of aromatic nitrogens is 1. The number of nitrogens with zero attached hydrogens (tertiary/aromatic N) is 1. The number of carbonyl (C=O) groups excluding carboxylic acids is 2. The number of hydrogen-bond acceptors (Lipinski definition) is 4. The summed E-state index contributed by atoms with van der Waals surface area (Å²) in [6.45, 7) is 1.57. The molecule has 5 nitrogen and oxygen atoms in total. The first-order valence-electron chi connectivity index (χ1n) is 8.11. The molecule has 132 valence electrons. The molecular weight excluding hydrogens is 335 g/mol. The third-order valence-corrected chi connectivity index (χ3v) is 3.85. The van der Waals surface area contributed by atoms with Gasteiger partial charge < -0.3 is 14.5 Å². The fraction of sp³-hybridized carbons (Fsp3) is 0.150. The van der Waals surface area contributed by atoms with Crippen molar-refractivity contribution in [3.63, 3.8) is 0 Å². The first kappa shape index (κ1) is 17.5. The Hall–Kier alpha value is -3.28. The lowest BCUT2D eigenvalue weighted by Crippen LogP contribution is -2.37. The average molecular weight is 352 g/mol. The van der Waals surface area contributed by atoms with Gasteiger partial charge in [0.25, 0.3) is 5.91 Å². The maximum Gasteiger partial charge on any atom is 0.289 e. The summed E-state index contributed by atoms with van der Waals surface area (Å²) in [6, 6.07) is 14.6. The molecule has 0 fully saturated rings. The molecule has 0 saturated heterocycles. The number of hydrogen-bond donors (Lipinski definition) is 1. The second-order valence-corrected chi connectivity index (χ2v) is 5.80. The fourth-order valence-electron chi connectivity index (χ4n) is 2.65. The molecule has 6 heteroatoms. The van der Waals surface area contributed by atoms with Crippen LogP contribution in [0.1, 0.15) is 22.0 Å². The Balaban J connectivity index is 1.84. The first-order valence-corrected chi connectivity index (χ1v) is 8.11. The van der Waals surface area contributed by atoms with Crippen LogP contribution in [-0.2, 0) is 11.2 Å². The molecule has 0 radical (unpaired) electrons. The van der Waals surface area contributed by atoms with Gasteiger partial charge in [-0.3, -0.25) is 4.79 Å². The van der Waals surface area contributed by atoms with Crippen LogP contribution in [0.4, 0.5) is 4.39 Å². The number of aryl methyl sites for hydroxylation is 1. The van der Waals surface area contributed by atoms with Crippen LogP contribution in [0, 0.1) is 12.7 Å². The van der Waals surface area contributed by atoms with Crippen LogP contribution in [-0.4, -0.2) is 23.2 Å². The van der Waals surface area contributed by atoms with E-state index in [1.54, 1.807) is 19.1 Å². The Kier molecular flexibility index (Phi) is 5.22. The Morgan fingerprint density at radius 1 is 1.19 bits per heavy atom. The highest BCUT2D eigenvalue weighted by Gasteiger charge is 2.24. The summed E-state index contributed by atoms with van der Waals surface area (Å²) in [7, 11) is 0. The zero-order chi connectivity index (χ0) is 18.5. The third-order valence-electron chi connectivity index (χ3n) is 3.85. The van der Waals surface area contributed by atoms with E-state index in [0.717, 1.165) is 5.56 Å². The van der Waals surface area contributed by atoms with Gasteiger partial charge in [0.05, 0.1) is 6.04 Å². The SMILES string of the molecule is Cc1nc(-c2ccccc2F)c(C(=O)NC(C=O)Cc2ccccc2)o1. The minimum absolute atomic E-state index is 0.113. The van der Waals surface area contributed by atoms with E-state index < -0.39 is 17.8 Å². The van der Waals surface area contributed by atoms with E-state index in [2.05, 4.69) is 10.3 Å². The van der Waals surface area contributed by atoms with E-state index in [1.165, 1.54) is 12.1 Å². The highest BCUT2D eigenvalue weighted by atomic mass is 19.1. The van der Waals surface area contributed by atoms with E-state index >= 15 is 0 Å². The Labute approximate surface area is 149 Å². The molecule has 1 aromatic heterocycles. The van der Waals surface area contributed by atoms with Gasteiger partial charge >= 0.3 is 0 Å². The number of amides is 1. The largest absolute Gasteiger partial charge is 0.435 e. The molecule has 3 rings (SSSR count). The van der Waals surface area contributed by atoms with Gasteiger partial charge in [-0.05, 0) is 24.1 Å². The van der Waals surface area contributed by atoms with E-state index in [-0.39, 0.29) is 22.9 Å². The minimum atomic E-state index is -0.733. The highest BCUT2D eigenvalue weighted by molar-refractivity contribution is 5.98. The van der Waals surface area contributed by atoms with Crippen molar-refractivity contribution in [1.82, 2.24) is 10.3 Å². The molecule has 0 bridgehead atoms. The van der Waals surface area contributed by atoms with Gasteiger partial charge in [-0.2, -0.15) is 0 Å². The molecule has 1 N–H and O–H groups in total. The van der Waals surface area contributed by atoms with Crippen molar-refractivity contribution < 1.29 is 18.4 Å². The molecule has 3 aromatic rings. The molecule has 0 spiro atoms. The minimum Gasteiger partial charge on any atom is -0.435 e. The number of aldehydes is 1. The summed E-state index contributed by atoms with van der Waals surface area (Å²) >= 11 is 0. The van der Waals surface area contributed by atoms with Crippen LogP contribution >= 0.6 is 0 Å². The van der Waals surface area contributed by atoms with Gasteiger partial charge in [-0.1, -0.05) is 42.5 Å². The molecule has 1 atom stereocenters. The van der Waals surface area contributed by atoms with Crippen molar-refractivity contribution in [3.05, 3.63) is 77.6 Å². The summed E-state index contributed by atoms with van der Waals surface area (Å²) in [6.07, 6.45) is 1.01. The van der Waals surface area contributed by atoms with Crippen molar-refractivity contribution in [1.29, 1.82) is 0 Å².